The molecule has 0 aromatic heterocycles. The molecule has 0 radical (unpaired) electrons. The van der Waals surface area contributed by atoms with Crippen LogP contribution in [-0.2, 0) is 37.9 Å². The van der Waals surface area contributed by atoms with E-state index >= 15 is 0 Å². The summed E-state index contributed by atoms with van der Waals surface area (Å²) in [7, 11) is -9.30. The fraction of sp³-hybridized carbons (Fsp3) is 0.250. The molecule has 0 saturated carbocycles. The van der Waals surface area contributed by atoms with E-state index in [0.29, 0.717) is 18.8 Å². The second-order valence-electron chi connectivity index (χ2n) is 8.06. The molecule has 1 aliphatic carbocycles. The first-order valence-corrected chi connectivity index (χ1v) is 13.8. The maximum atomic E-state index is 13.9. The van der Waals surface area contributed by atoms with Crippen LogP contribution >= 0.6 is 0 Å². The fourth-order valence-corrected chi connectivity index (χ4v) is 7.82. The molecule has 2 aromatic carbocycles. The molecule has 0 bridgehead atoms. The molecule has 2 aromatic rings. The minimum Gasteiger partial charge on any atom is -1.00 e. The molecular weight excluding hydrogens is 520 g/mol. The van der Waals surface area contributed by atoms with Gasteiger partial charge in [0.05, 0.1) is 18.1 Å². The van der Waals surface area contributed by atoms with E-state index in [1.165, 1.54) is 12.2 Å². The number of sulfonamides is 2. The standard InChI is InChI=1S/C24H27N3O5S2.2Na.2H/c1-2-32-21-14-13-20(12-11-18-7-4-3-5-8-18)24(15-21,33(25,28)29)34(30,31)27-23-10-6-9-19-16-26-17-22(19)23;;;;/h3-14,26-27H,2,15-17H2,1H3,(H2,25,28,29);;;;/q;2*+1;2*-1. The summed E-state index contributed by atoms with van der Waals surface area (Å²) in [4.78, 5) is 0. The van der Waals surface area contributed by atoms with Gasteiger partial charge in [-0.15, -0.1) is 0 Å². The molecule has 1 aliphatic heterocycles. The van der Waals surface area contributed by atoms with E-state index in [1.807, 2.05) is 36.4 Å². The number of primary sulfonamides is 1. The zero-order valence-corrected chi connectivity index (χ0v) is 26.3. The average Bonchev–Trinajstić information content (AvgIpc) is 3.28. The number of hydrogen-bond donors (Lipinski definition) is 3. The number of fused-ring (bicyclic) bond motifs is 1. The molecule has 0 saturated heterocycles. The molecule has 8 nitrogen and oxygen atoms in total. The van der Waals surface area contributed by atoms with Gasteiger partial charge in [0.2, 0.25) is 14.1 Å². The molecule has 0 spiro atoms. The Morgan fingerprint density at radius 1 is 1.03 bits per heavy atom. The van der Waals surface area contributed by atoms with Gasteiger partial charge in [0.25, 0.3) is 10.0 Å². The van der Waals surface area contributed by atoms with Crippen molar-refractivity contribution in [2.75, 3.05) is 11.3 Å². The summed E-state index contributed by atoms with van der Waals surface area (Å²) in [6.07, 6.45) is 5.71. The molecule has 1 unspecified atom stereocenters. The Morgan fingerprint density at radius 3 is 2.42 bits per heavy atom. The third kappa shape index (κ3) is 6.20. The Hall–Kier alpha value is -0.920. The zero-order chi connectivity index (χ0) is 24.4. The van der Waals surface area contributed by atoms with Crippen molar-refractivity contribution in [1.82, 2.24) is 5.32 Å². The molecule has 1 atom stereocenters. The predicted octanol–water partition coefficient (Wildman–Crippen LogP) is -2.79. The van der Waals surface area contributed by atoms with E-state index in [0.717, 1.165) is 16.7 Å². The maximum absolute atomic E-state index is 13.9. The first-order chi connectivity index (χ1) is 16.2. The van der Waals surface area contributed by atoms with Crippen LogP contribution in [0.5, 0.6) is 0 Å². The zero-order valence-electron chi connectivity index (χ0n) is 22.7. The van der Waals surface area contributed by atoms with Gasteiger partial charge in [-0.05, 0) is 41.3 Å². The number of rotatable bonds is 8. The SMILES string of the molecule is CCOC1=CC=C(C=Cc2ccccc2)C(S(N)(=O)=O)(S(=O)(=O)Nc2cccc3c2CNC3)C1.[H-].[H-].[Na+].[Na+]. The summed E-state index contributed by atoms with van der Waals surface area (Å²) in [6.45, 7) is 3.06. The van der Waals surface area contributed by atoms with Crippen molar-refractivity contribution in [2.45, 2.75) is 30.5 Å². The van der Waals surface area contributed by atoms with E-state index in [1.54, 1.807) is 31.2 Å². The van der Waals surface area contributed by atoms with Crippen LogP contribution in [0.2, 0.25) is 0 Å². The van der Waals surface area contributed by atoms with Crippen LogP contribution in [0.15, 0.2) is 78.1 Å². The maximum Gasteiger partial charge on any atom is 1.00 e. The van der Waals surface area contributed by atoms with Gasteiger partial charge in [-0.1, -0.05) is 60.7 Å². The second kappa shape index (κ2) is 12.8. The molecule has 0 amide bonds. The van der Waals surface area contributed by atoms with Crippen LogP contribution < -0.4 is 74.3 Å². The topological polar surface area (TPSA) is 128 Å². The number of hydrogen-bond acceptors (Lipinski definition) is 6. The Morgan fingerprint density at radius 2 is 1.75 bits per heavy atom. The van der Waals surface area contributed by atoms with Crippen molar-refractivity contribution < 1.29 is 83.5 Å². The Balaban J connectivity index is 0.00000342. The molecule has 184 valence electrons. The Bertz CT molecular complexity index is 1400. The van der Waals surface area contributed by atoms with Crippen molar-refractivity contribution in [1.29, 1.82) is 0 Å². The Labute approximate surface area is 260 Å². The minimum atomic E-state index is -4.69. The van der Waals surface area contributed by atoms with Crippen molar-refractivity contribution in [2.24, 2.45) is 5.14 Å². The van der Waals surface area contributed by atoms with Gasteiger partial charge in [-0.25, -0.2) is 22.0 Å². The molecule has 0 fully saturated rings. The first-order valence-electron chi connectivity index (χ1n) is 10.8. The fourth-order valence-electron chi connectivity index (χ4n) is 4.24. The average molecular weight is 550 g/mol. The van der Waals surface area contributed by atoms with Crippen LogP contribution in [0.25, 0.3) is 6.08 Å². The molecule has 1 heterocycles. The molecule has 4 N–H and O–H groups in total. The van der Waals surface area contributed by atoms with Crippen molar-refractivity contribution in [3.8, 4) is 0 Å². The van der Waals surface area contributed by atoms with Gasteiger partial charge in [0.15, 0.2) is 0 Å². The summed E-state index contributed by atoms with van der Waals surface area (Å²) in [6, 6.07) is 14.4. The largest absolute Gasteiger partial charge is 1.00 e. The third-order valence-electron chi connectivity index (χ3n) is 5.91. The third-order valence-corrected chi connectivity index (χ3v) is 10.3. The number of benzene rings is 2. The second-order valence-corrected chi connectivity index (χ2v) is 12.0. The summed E-state index contributed by atoms with van der Waals surface area (Å²) >= 11 is 0. The smallest absolute Gasteiger partial charge is 1.00 e. The summed E-state index contributed by atoms with van der Waals surface area (Å²) in [5.74, 6) is 0.221. The molecule has 12 heteroatoms. The predicted molar refractivity (Wildman–Crippen MR) is 135 cm³/mol. The van der Waals surface area contributed by atoms with Gasteiger partial charge < -0.3 is 12.9 Å². The van der Waals surface area contributed by atoms with Crippen molar-refractivity contribution >= 4 is 31.8 Å². The van der Waals surface area contributed by atoms with Gasteiger partial charge in [0.1, 0.15) is 0 Å². The summed E-state index contributed by atoms with van der Waals surface area (Å²) in [5.41, 5.74) is 2.86. The quantitative estimate of drug-likeness (QED) is 0.306. The van der Waals surface area contributed by atoms with E-state index in [4.69, 9.17) is 9.88 Å². The van der Waals surface area contributed by atoms with Crippen LogP contribution in [-0.4, -0.2) is 27.5 Å². The number of nitrogens with one attached hydrogen (secondary N) is 2. The van der Waals surface area contributed by atoms with Crippen molar-refractivity contribution in [3.05, 3.63) is 94.8 Å². The van der Waals surface area contributed by atoms with E-state index in [2.05, 4.69) is 10.0 Å². The van der Waals surface area contributed by atoms with Gasteiger partial charge in [-0.3, -0.25) is 4.72 Å². The van der Waals surface area contributed by atoms with E-state index in [9.17, 15) is 16.8 Å². The summed E-state index contributed by atoms with van der Waals surface area (Å²) < 4.78 is 59.8. The van der Waals surface area contributed by atoms with Gasteiger partial charge in [0, 0.05) is 19.5 Å². The normalized spacial score (nSPS) is 19.4. The Kier molecular flexibility index (Phi) is 11.1. The van der Waals surface area contributed by atoms with Crippen LogP contribution in [0.1, 0.15) is 32.9 Å². The van der Waals surface area contributed by atoms with E-state index in [-0.39, 0.29) is 79.9 Å². The van der Waals surface area contributed by atoms with Crippen LogP contribution in [0.3, 0.4) is 0 Å². The van der Waals surface area contributed by atoms with Gasteiger partial charge >= 0.3 is 59.1 Å². The molecule has 2 aliphatic rings. The van der Waals surface area contributed by atoms with Gasteiger partial charge in [-0.2, -0.15) is 0 Å². The van der Waals surface area contributed by atoms with Crippen LogP contribution in [0.4, 0.5) is 5.69 Å². The van der Waals surface area contributed by atoms with E-state index < -0.39 is 30.5 Å². The van der Waals surface area contributed by atoms with Crippen molar-refractivity contribution in [3.63, 3.8) is 0 Å². The molecule has 4 rings (SSSR count). The molecular formula is C24H29N3Na2O5S2. The number of ether oxygens (including phenoxy) is 1. The number of anilines is 1. The monoisotopic (exact) mass is 549 g/mol. The van der Waals surface area contributed by atoms with Crippen LogP contribution in [0, 0.1) is 0 Å². The number of nitrogens with two attached hydrogens (primary N) is 1. The number of allylic oxidation sites excluding steroid dienone is 4. The minimum absolute atomic E-state index is 0. The molecule has 36 heavy (non-hydrogen) atoms. The summed E-state index contributed by atoms with van der Waals surface area (Å²) in [5, 5.41) is 8.87. The first kappa shape index (κ1) is 31.3.